The molecule has 4 heteroatoms. The van der Waals surface area contributed by atoms with Gasteiger partial charge in [0.15, 0.2) is 0 Å². The molecule has 0 spiro atoms. The van der Waals surface area contributed by atoms with Crippen molar-refractivity contribution in [1.29, 1.82) is 0 Å². The van der Waals surface area contributed by atoms with Gasteiger partial charge >= 0.3 is 5.97 Å². The zero-order valence-electron chi connectivity index (χ0n) is 11.8. The molecular weight excluding hydrogens is 254 g/mol. The molecule has 0 bridgehead atoms. The van der Waals surface area contributed by atoms with Gasteiger partial charge in [-0.2, -0.15) is 0 Å². The first kappa shape index (κ1) is 14.6. The van der Waals surface area contributed by atoms with Crippen molar-refractivity contribution in [2.45, 2.75) is 39.2 Å². The van der Waals surface area contributed by atoms with Gasteiger partial charge in [-0.25, -0.2) is 4.79 Å². The normalized spacial score (nSPS) is 11.1. The van der Waals surface area contributed by atoms with Crippen LogP contribution in [0.4, 0.5) is 0 Å². The van der Waals surface area contributed by atoms with Crippen LogP contribution >= 0.6 is 0 Å². The zero-order valence-corrected chi connectivity index (χ0v) is 11.8. The topological polar surface area (TPSA) is 62.5 Å². The van der Waals surface area contributed by atoms with Crippen LogP contribution in [0.15, 0.2) is 24.4 Å². The number of hydrogen-bond acceptors (Lipinski definition) is 2. The van der Waals surface area contributed by atoms with E-state index in [-0.39, 0.29) is 6.61 Å². The molecule has 1 aromatic carbocycles. The molecule has 0 fully saturated rings. The van der Waals surface area contributed by atoms with Gasteiger partial charge in [-0.3, -0.25) is 0 Å². The van der Waals surface area contributed by atoms with Crippen LogP contribution in [0.3, 0.4) is 0 Å². The number of aliphatic hydroxyl groups excluding tert-OH is 1. The average Bonchev–Trinajstić information content (AvgIpc) is 2.80. The molecule has 1 heterocycles. The van der Waals surface area contributed by atoms with Crippen molar-refractivity contribution < 1.29 is 15.0 Å². The molecule has 108 valence electrons. The number of carboxylic acids is 1. The third-order valence-electron chi connectivity index (χ3n) is 3.57. The lowest BCUT2D eigenvalue weighted by molar-refractivity contribution is 0.0697. The van der Waals surface area contributed by atoms with Gasteiger partial charge in [0.1, 0.15) is 0 Å². The Kier molecular flexibility index (Phi) is 4.79. The van der Waals surface area contributed by atoms with E-state index in [1.54, 1.807) is 12.1 Å². The van der Waals surface area contributed by atoms with Crippen molar-refractivity contribution in [3.8, 4) is 0 Å². The summed E-state index contributed by atoms with van der Waals surface area (Å²) in [4.78, 5) is 11.1. The highest BCUT2D eigenvalue weighted by molar-refractivity contribution is 5.94. The van der Waals surface area contributed by atoms with E-state index in [2.05, 4.69) is 17.7 Å². The summed E-state index contributed by atoms with van der Waals surface area (Å²) in [6.07, 6.45) is 6.04. The van der Waals surface area contributed by atoms with E-state index in [4.69, 9.17) is 10.2 Å². The van der Waals surface area contributed by atoms with E-state index >= 15 is 0 Å². The fourth-order valence-corrected chi connectivity index (χ4v) is 2.49. The molecule has 0 radical (unpaired) electrons. The summed E-state index contributed by atoms with van der Waals surface area (Å²) < 4.78 is 2.06. The Morgan fingerprint density at radius 2 is 2.10 bits per heavy atom. The molecule has 0 aliphatic heterocycles. The molecule has 0 aliphatic carbocycles. The highest BCUT2D eigenvalue weighted by Gasteiger charge is 2.11. The monoisotopic (exact) mass is 275 g/mol. The van der Waals surface area contributed by atoms with Gasteiger partial charge in [-0.15, -0.1) is 0 Å². The van der Waals surface area contributed by atoms with E-state index in [1.165, 1.54) is 5.56 Å². The van der Waals surface area contributed by atoms with Gasteiger partial charge < -0.3 is 14.8 Å². The molecule has 20 heavy (non-hydrogen) atoms. The number of aromatic nitrogens is 1. The summed E-state index contributed by atoms with van der Waals surface area (Å²) in [7, 11) is 0. The highest BCUT2D eigenvalue weighted by Crippen LogP contribution is 2.24. The number of nitrogens with zero attached hydrogens (tertiary/aromatic N) is 1. The largest absolute Gasteiger partial charge is 0.478 e. The van der Waals surface area contributed by atoms with Gasteiger partial charge in [-0.05, 0) is 37.0 Å². The summed E-state index contributed by atoms with van der Waals surface area (Å²) in [5.74, 6) is -0.906. The quantitative estimate of drug-likeness (QED) is 0.816. The summed E-state index contributed by atoms with van der Waals surface area (Å²) in [5, 5.41) is 19.2. The fraction of sp³-hybridized carbons (Fsp3) is 0.438. The maximum Gasteiger partial charge on any atom is 0.335 e. The molecule has 0 aliphatic rings. The molecule has 0 amide bonds. The lowest BCUT2D eigenvalue weighted by Crippen LogP contribution is -2.00. The minimum atomic E-state index is -0.906. The third kappa shape index (κ3) is 3.02. The summed E-state index contributed by atoms with van der Waals surface area (Å²) in [6.45, 7) is 3.01. The minimum Gasteiger partial charge on any atom is -0.478 e. The predicted molar refractivity (Wildman–Crippen MR) is 79.2 cm³/mol. The summed E-state index contributed by atoms with van der Waals surface area (Å²) >= 11 is 0. The van der Waals surface area contributed by atoms with Crippen LogP contribution in [-0.4, -0.2) is 27.4 Å². The Bertz CT molecular complexity index is 601. The van der Waals surface area contributed by atoms with Gasteiger partial charge in [-0.1, -0.05) is 19.4 Å². The SMILES string of the molecule is CCCCc1cn(CCCO)c2cc(C(=O)O)ccc12. The lowest BCUT2D eigenvalue weighted by Gasteiger charge is -2.04. The van der Waals surface area contributed by atoms with Gasteiger partial charge in [0, 0.05) is 30.3 Å². The van der Waals surface area contributed by atoms with Crippen molar-refractivity contribution in [1.82, 2.24) is 4.57 Å². The number of carboxylic acid groups (broad SMARTS) is 1. The Labute approximate surface area is 118 Å². The lowest BCUT2D eigenvalue weighted by atomic mass is 10.1. The smallest absolute Gasteiger partial charge is 0.335 e. The minimum absolute atomic E-state index is 0.141. The molecular formula is C16H21NO3. The second kappa shape index (κ2) is 6.57. The van der Waals surface area contributed by atoms with E-state index in [9.17, 15) is 4.79 Å². The van der Waals surface area contributed by atoms with E-state index in [0.717, 1.165) is 30.2 Å². The molecule has 2 N–H and O–H groups in total. The second-order valence-corrected chi connectivity index (χ2v) is 5.07. The standard InChI is InChI=1S/C16H21NO3/c1-2-3-5-13-11-17(8-4-9-18)15-10-12(16(19)20)6-7-14(13)15/h6-7,10-11,18H,2-5,8-9H2,1H3,(H,19,20). The van der Waals surface area contributed by atoms with Crippen LogP contribution in [0.25, 0.3) is 10.9 Å². The van der Waals surface area contributed by atoms with E-state index in [1.807, 2.05) is 6.07 Å². The molecule has 2 aromatic rings. The number of unbranched alkanes of at least 4 members (excludes halogenated alkanes) is 1. The Balaban J connectivity index is 2.45. The maximum absolute atomic E-state index is 11.1. The molecule has 0 atom stereocenters. The van der Waals surface area contributed by atoms with Crippen LogP contribution in [0.5, 0.6) is 0 Å². The summed E-state index contributed by atoms with van der Waals surface area (Å²) in [6, 6.07) is 5.29. The number of aliphatic hydroxyl groups is 1. The number of aromatic carboxylic acids is 1. The Hall–Kier alpha value is -1.81. The number of carbonyl (C=O) groups is 1. The van der Waals surface area contributed by atoms with Crippen LogP contribution in [0.2, 0.25) is 0 Å². The van der Waals surface area contributed by atoms with Crippen molar-refractivity contribution >= 4 is 16.9 Å². The van der Waals surface area contributed by atoms with Crippen molar-refractivity contribution in [3.63, 3.8) is 0 Å². The number of fused-ring (bicyclic) bond motifs is 1. The molecule has 0 saturated carbocycles. The Morgan fingerprint density at radius 1 is 1.30 bits per heavy atom. The predicted octanol–water partition coefficient (Wildman–Crippen LogP) is 3.06. The average molecular weight is 275 g/mol. The number of rotatable bonds is 7. The maximum atomic E-state index is 11.1. The molecule has 4 nitrogen and oxygen atoms in total. The second-order valence-electron chi connectivity index (χ2n) is 5.07. The van der Waals surface area contributed by atoms with Crippen LogP contribution in [0, 0.1) is 0 Å². The van der Waals surface area contributed by atoms with Crippen molar-refractivity contribution in [2.75, 3.05) is 6.61 Å². The van der Waals surface area contributed by atoms with Crippen LogP contribution < -0.4 is 0 Å². The number of aryl methyl sites for hydroxylation is 2. The molecule has 0 unspecified atom stereocenters. The molecule has 0 saturated heterocycles. The molecule has 2 rings (SSSR count). The first-order valence-corrected chi connectivity index (χ1v) is 7.13. The molecule has 1 aromatic heterocycles. The van der Waals surface area contributed by atoms with Gasteiger partial charge in [0.25, 0.3) is 0 Å². The fourth-order valence-electron chi connectivity index (χ4n) is 2.49. The Morgan fingerprint density at radius 3 is 2.75 bits per heavy atom. The number of benzene rings is 1. The highest BCUT2D eigenvalue weighted by atomic mass is 16.4. The van der Waals surface area contributed by atoms with E-state index in [0.29, 0.717) is 18.5 Å². The third-order valence-corrected chi connectivity index (χ3v) is 3.57. The van der Waals surface area contributed by atoms with Crippen molar-refractivity contribution in [2.24, 2.45) is 0 Å². The van der Waals surface area contributed by atoms with Crippen LogP contribution in [-0.2, 0) is 13.0 Å². The summed E-state index contributed by atoms with van der Waals surface area (Å²) in [5.41, 5.74) is 2.52. The van der Waals surface area contributed by atoms with Crippen LogP contribution in [0.1, 0.15) is 42.1 Å². The van der Waals surface area contributed by atoms with E-state index < -0.39 is 5.97 Å². The van der Waals surface area contributed by atoms with Gasteiger partial charge in [0.2, 0.25) is 0 Å². The number of hydrogen-bond donors (Lipinski definition) is 2. The first-order chi connectivity index (χ1) is 9.67. The zero-order chi connectivity index (χ0) is 14.5. The van der Waals surface area contributed by atoms with Crippen molar-refractivity contribution in [3.05, 3.63) is 35.5 Å². The van der Waals surface area contributed by atoms with Gasteiger partial charge in [0.05, 0.1) is 5.56 Å². The first-order valence-electron chi connectivity index (χ1n) is 7.13.